The zero-order valence-corrected chi connectivity index (χ0v) is 13.2. The van der Waals surface area contributed by atoms with E-state index in [1.54, 1.807) is 6.20 Å². The number of H-pyrrole nitrogens is 1. The van der Waals surface area contributed by atoms with E-state index in [-0.39, 0.29) is 0 Å². The number of nitrogens with one attached hydrogen (secondary N) is 2. The Hall–Kier alpha value is -2.12. The Kier molecular flexibility index (Phi) is 3.24. The summed E-state index contributed by atoms with van der Waals surface area (Å²) in [6, 6.07) is 8.44. The first-order chi connectivity index (χ1) is 10.7. The minimum absolute atomic E-state index is 0.349. The van der Waals surface area contributed by atoms with Crippen LogP contribution in [0.4, 0.5) is 11.6 Å². The molecule has 112 valence electrons. The highest BCUT2D eigenvalue weighted by Gasteiger charge is 2.18. The molecule has 0 radical (unpaired) electrons. The monoisotopic (exact) mass is 359 g/mol. The van der Waals surface area contributed by atoms with Crippen LogP contribution >= 0.6 is 15.9 Å². The van der Waals surface area contributed by atoms with E-state index in [1.807, 2.05) is 24.3 Å². The van der Waals surface area contributed by atoms with Crippen molar-refractivity contribution in [3.63, 3.8) is 0 Å². The highest BCUT2D eigenvalue weighted by Crippen LogP contribution is 2.32. The molecule has 3 aromatic rings. The van der Waals surface area contributed by atoms with Crippen LogP contribution in [-0.4, -0.2) is 34.4 Å². The van der Waals surface area contributed by atoms with Crippen molar-refractivity contribution < 1.29 is 4.74 Å². The van der Waals surface area contributed by atoms with Crippen LogP contribution in [0.1, 0.15) is 0 Å². The number of nitrogen functional groups attached to an aromatic ring is 1. The van der Waals surface area contributed by atoms with E-state index in [0.717, 1.165) is 45.5 Å². The molecule has 0 bridgehead atoms. The summed E-state index contributed by atoms with van der Waals surface area (Å²) in [5, 5.41) is 11.2. The van der Waals surface area contributed by atoms with Gasteiger partial charge in [0.15, 0.2) is 5.82 Å². The van der Waals surface area contributed by atoms with Crippen LogP contribution in [0, 0.1) is 0 Å². The average molecular weight is 360 g/mol. The predicted octanol–water partition coefficient (Wildman–Crippen LogP) is 2.78. The number of hydrogen-bond acceptors (Lipinski definition) is 5. The number of aromatic nitrogens is 3. The first-order valence-electron chi connectivity index (χ1n) is 6.94. The second-order valence-electron chi connectivity index (χ2n) is 5.30. The second-order valence-corrected chi connectivity index (χ2v) is 6.15. The summed E-state index contributed by atoms with van der Waals surface area (Å²) in [5.74, 6) is 1.35. The molecule has 1 aliphatic rings. The molecule has 0 amide bonds. The molecule has 0 atom stereocenters. The molecule has 3 heterocycles. The molecular weight excluding hydrogens is 346 g/mol. The fraction of sp³-hybridized carbons (Fsp3) is 0.200. The highest BCUT2D eigenvalue weighted by atomic mass is 79.9. The number of ether oxygens (including phenoxy) is 1. The van der Waals surface area contributed by atoms with Gasteiger partial charge in [0.2, 0.25) is 0 Å². The quantitative estimate of drug-likeness (QED) is 0.668. The Labute approximate surface area is 135 Å². The molecule has 0 spiro atoms. The normalized spacial score (nSPS) is 15.0. The van der Waals surface area contributed by atoms with Crippen LogP contribution < -0.4 is 11.1 Å². The number of halogens is 1. The first-order valence-corrected chi connectivity index (χ1v) is 7.74. The molecule has 1 fully saturated rings. The lowest BCUT2D eigenvalue weighted by atomic mass is 10.0. The van der Waals surface area contributed by atoms with Gasteiger partial charge in [-0.05, 0) is 51.3 Å². The Morgan fingerprint density at radius 3 is 2.91 bits per heavy atom. The lowest BCUT2D eigenvalue weighted by molar-refractivity contribution is 0.0209. The van der Waals surface area contributed by atoms with Crippen molar-refractivity contribution in [1.29, 1.82) is 0 Å². The van der Waals surface area contributed by atoms with E-state index in [2.05, 4.69) is 36.4 Å². The van der Waals surface area contributed by atoms with Crippen molar-refractivity contribution in [3.05, 3.63) is 34.9 Å². The highest BCUT2D eigenvalue weighted by molar-refractivity contribution is 9.10. The third-order valence-electron chi connectivity index (χ3n) is 3.74. The maximum Gasteiger partial charge on any atom is 0.153 e. The molecule has 1 saturated heterocycles. The molecule has 22 heavy (non-hydrogen) atoms. The number of nitrogens with two attached hydrogens (primary N) is 1. The van der Waals surface area contributed by atoms with Crippen LogP contribution in [0.25, 0.3) is 22.0 Å². The SMILES string of the molecule is Nc1n[nH]c2c(Br)cc(-c3ccnc(NC4COC4)c3)cc12. The minimum Gasteiger partial charge on any atom is -0.382 e. The lowest BCUT2D eigenvalue weighted by Gasteiger charge is -2.27. The van der Waals surface area contributed by atoms with E-state index >= 15 is 0 Å². The van der Waals surface area contributed by atoms with Gasteiger partial charge in [0, 0.05) is 16.1 Å². The number of anilines is 2. The van der Waals surface area contributed by atoms with Crippen LogP contribution in [0.15, 0.2) is 34.9 Å². The summed E-state index contributed by atoms with van der Waals surface area (Å²) in [6.07, 6.45) is 1.80. The summed E-state index contributed by atoms with van der Waals surface area (Å²) in [5.41, 5.74) is 8.94. The van der Waals surface area contributed by atoms with Crippen LogP contribution in [0.3, 0.4) is 0 Å². The zero-order chi connectivity index (χ0) is 15.1. The van der Waals surface area contributed by atoms with Crippen molar-refractivity contribution >= 4 is 38.5 Å². The summed E-state index contributed by atoms with van der Waals surface area (Å²) in [4.78, 5) is 4.36. The predicted molar refractivity (Wildman–Crippen MR) is 89.7 cm³/mol. The van der Waals surface area contributed by atoms with Gasteiger partial charge in [-0.25, -0.2) is 4.98 Å². The van der Waals surface area contributed by atoms with Gasteiger partial charge in [0.25, 0.3) is 0 Å². The van der Waals surface area contributed by atoms with Gasteiger partial charge in [-0.3, -0.25) is 5.10 Å². The number of nitrogens with zero attached hydrogens (tertiary/aromatic N) is 2. The lowest BCUT2D eigenvalue weighted by Crippen LogP contribution is -2.40. The van der Waals surface area contributed by atoms with E-state index in [1.165, 1.54) is 0 Å². The molecule has 4 N–H and O–H groups in total. The fourth-order valence-corrected chi connectivity index (χ4v) is 3.03. The number of fused-ring (bicyclic) bond motifs is 1. The van der Waals surface area contributed by atoms with E-state index in [4.69, 9.17) is 10.5 Å². The third kappa shape index (κ3) is 2.32. The van der Waals surface area contributed by atoms with Crippen LogP contribution in [0.2, 0.25) is 0 Å². The van der Waals surface area contributed by atoms with E-state index in [9.17, 15) is 0 Å². The number of pyridine rings is 1. The van der Waals surface area contributed by atoms with Crippen molar-refractivity contribution in [3.8, 4) is 11.1 Å². The molecule has 0 aliphatic carbocycles. The molecular formula is C15H14BrN5O. The maximum absolute atomic E-state index is 5.91. The second kappa shape index (κ2) is 5.26. The van der Waals surface area contributed by atoms with Crippen molar-refractivity contribution in [2.45, 2.75) is 6.04 Å². The van der Waals surface area contributed by atoms with Gasteiger partial charge in [-0.15, -0.1) is 0 Å². The van der Waals surface area contributed by atoms with Gasteiger partial charge in [-0.1, -0.05) is 0 Å². The van der Waals surface area contributed by atoms with E-state index in [0.29, 0.717) is 11.9 Å². The number of benzene rings is 1. The van der Waals surface area contributed by atoms with Crippen molar-refractivity contribution in [2.75, 3.05) is 24.3 Å². The van der Waals surface area contributed by atoms with Gasteiger partial charge in [0.1, 0.15) is 5.82 Å². The average Bonchev–Trinajstić information content (AvgIpc) is 2.86. The number of aromatic amines is 1. The molecule has 4 rings (SSSR count). The minimum atomic E-state index is 0.349. The smallest absolute Gasteiger partial charge is 0.153 e. The molecule has 1 aromatic carbocycles. The largest absolute Gasteiger partial charge is 0.382 e. The number of hydrogen-bond donors (Lipinski definition) is 3. The third-order valence-corrected chi connectivity index (χ3v) is 4.36. The molecule has 2 aromatic heterocycles. The maximum atomic E-state index is 5.91. The van der Waals surface area contributed by atoms with Crippen LogP contribution in [-0.2, 0) is 4.74 Å². The standard InChI is InChI=1S/C15H14BrN5O/c16-12-4-9(3-11-14(12)20-21-15(11)17)8-1-2-18-13(5-8)19-10-6-22-7-10/h1-5,10H,6-7H2,(H,18,19)(H3,17,20,21). The van der Waals surface area contributed by atoms with Crippen molar-refractivity contribution in [2.24, 2.45) is 0 Å². The van der Waals surface area contributed by atoms with Gasteiger partial charge in [0.05, 0.1) is 24.8 Å². The van der Waals surface area contributed by atoms with E-state index < -0.39 is 0 Å². The molecule has 0 saturated carbocycles. The Balaban J connectivity index is 1.74. The summed E-state index contributed by atoms with van der Waals surface area (Å²) < 4.78 is 6.10. The fourth-order valence-electron chi connectivity index (χ4n) is 2.48. The topological polar surface area (TPSA) is 88.9 Å². The Morgan fingerprint density at radius 1 is 1.27 bits per heavy atom. The summed E-state index contributed by atoms with van der Waals surface area (Å²) in [6.45, 7) is 1.46. The molecule has 6 nitrogen and oxygen atoms in total. The van der Waals surface area contributed by atoms with Gasteiger partial charge >= 0.3 is 0 Å². The van der Waals surface area contributed by atoms with Crippen molar-refractivity contribution in [1.82, 2.24) is 15.2 Å². The number of rotatable bonds is 3. The summed E-state index contributed by atoms with van der Waals surface area (Å²) in [7, 11) is 0. The Bertz CT molecular complexity index is 843. The molecule has 7 heteroatoms. The Morgan fingerprint density at radius 2 is 2.14 bits per heavy atom. The van der Waals surface area contributed by atoms with Gasteiger partial charge < -0.3 is 15.8 Å². The molecule has 1 aliphatic heterocycles. The zero-order valence-electron chi connectivity index (χ0n) is 11.6. The van der Waals surface area contributed by atoms with Gasteiger partial charge in [-0.2, -0.15) is 5.10 Å². The first kappa shape index (κ1) is 13.5. The summed E-state index contributed by atoms with van der Waals surface area (Å²) >= 11 is 3.56. The van der Waals surface area contributed by atoms with Crippen LogP contribution in [0.5, 0.6) is 0 Å². The molecule has 0 unspecified atom stereocenters.